The van der Waals surface area contributed by atoms with Crippen molar-refractivity contribution in [1.82, 2.24) is 5.32 Å². The molecule has 0 spiro atoms. The molecule has 0 bridgehead atoms. The molecule has 1 rings (SSSR count). The second kappa shape index (κ2) is 3.96. The van der Waals surface area contributed by atoms with E-state index in [2.05, 4.69) is 0 Å². The van der Waals surface area contributed by atoms with Crippen LogP contribution in [-0.4, -0.2) is 16.8 Å². The molecule has 1 saturated carbocycles. The average Bonchev–Trinajstić information content (AvgIpc) is 2.04. The summed E-state index contributed by atoms with van der Waals surface area (Å²) < 4.78 is 0. The van der Waals surface area contributed by atoms with Crippen molar-refractivity contribution in [3.63, 3.8) is 0 Å². The van der Waals surface area contributed by atoms with Crippen molar-refractivity contribution < 1.29 is 9.59 Å². The molecule has 0 aromatic rings. The topological polar surface area (TPSA) is 72.2 Å². The molecule has 4 nitrogen and oxygen atoms in total. The molecule has 1 fully saturated rings. The maximum absolute atomic E-state index is 11.4. The van der Waals surface area contributed by atoms with Crippen molar-refractivity contribution in [1.29, 1.82) is 0 Å². The molecule has 1 aliphatic carbocycles. The molecule has 3 N–H and O–H groups in total. The molecular weight excluding hydrogens is 192 g/mol. The number of urea groups is 1. The number of hydrogen-bond acceptors (Lipinski definition) is 2. The number of carbonyl (C=O) groups is 2. The van der Waals surface area contributed by atoms with Crippen LogP contribution >= 0.6 is 11.6 Å². The van der Waals surface area contributed by atoms with Crippen molar-refractivity contribution >= 4 is 23.5 Å². The Hall–Kier alpha value is -0.770. The summed E-state index contributed by atoms with van der Waals surface area (Å²) in [4.78, 5) is 20.9. The summed E-state index contributed by atoms with van der Waals surface area (Å²) in [5.41, 5.74) is 4.83. The highest BCUT2D eigenvalue weighted by atomic mass is 35.5. The fourth-order valence-corrected chi connectivity index (χ4v) is 1.88. The first kappa shape index (κ1) is 10.3. The smallest absolute Gasteiger partial charge is 0.318 e. The van der Waals surface area contributed by atoms with Crippen LogP contribution < -0.4 is 11.1 Å². The van der Waals surface area contributed by atoms with Gasteiger partial charge in [-0.3, -0.25) is 10.1 Å². The van der Waals surface area contributed by atoms with Gasteiger partial charge in [0.25, 0.3) is 0 Å². The third kappa shape index (κ3) is 2.59. The minimum absolute atomic E-state index is 0.457. The minimum atomic E-state index is -0.909. The Morgan fingerprint density at radius 2 is 1.77 bits per heavy atom. The summed E-state index contributed by atoms with van der Waals surface area (Å²) in [6.07, 6.45) is 4.19. The van der Waals surface area contributed by atoms with Gasteiger partial charge in [-0.15, -0.1) is 11.6 Å². The highest BCUT2D eigenvalue weighted by molar-refractivity contribution is 6.35. The van der Waals surface area contributed by atoms with Crippen molar-refractivity contribution in [2.75, 3.05) is 0 Å². The molecule has 1 aliphatic rings. The first-order valence-electron chi connectivity index (χ1n) is 4.34. The van der Waals surface area contributed by atoms with E-state index in [0.717, 1.165) is 19.3 Å². The third-order valence-electron chi connectivity index (χ3n) is 2.29. The lowest BCUT2D eigenvalue weighted by atomic mass is 9.88. The highest BCUT2D eigenvalue weighted by Crippen LogP contribution is 2.34. The van der Waals surface area contributed by atoms with Crippen LogP contribution in [0.5, 0.6) is 0 Å². The predicted octanol–water partition coefficient (Wildman–Crippen LogP) is 1.12. The standard InChI is InChI=1S/C8H13ClN2O2/c9-8(4-2-1-3-5-8)6(12)11-7(10)13/h1-5H2,(H3,10,11,12,13). The molecule has 0 unspecified atom stereocenters. The number of primary amides is 1. The van der Waals surface area contributed by atoms with Crippen molar-refractivity contribution in [2.45, 2.75) is 37.0 Å². The normalized spacial score (nSPS) is 20.7. The van der Waals surface area contributed by atoms with Crippen LogP contribution in [0.2, 0.25) is 0 Å². The van der Waals surface area contributed by atoms with E-state index in [1.165, 1.54) is 0 Å². The lowest BCUT2D eigenvalue weighted by molar-refractivity contribution is -0.123. The quantitative estimate of drug-likeness (QED) is 0.629. The van der Waals surface area contributed by atoms with Gasteiger partial charge in [-0.1, -0.05) is 19.3 Å². The monoisotopic (exact) mass is 204 g/mol. The number of halogens is 1. The number of alkyl halides is 1. The van der Waals surface area contributed by atoms with Gasteiger partial charge in [0, 0.05) is 0 Å². The summed E-state index contributed by atoms with van der Waals surface area (Å²) in [5, 5.41) is 2.02. The Labute approximate surface area is 81.8 Å². The first-order valence-corrected chi connectivity index (χ1v) is 4.72. The van der Waals surface area contributed by atoms with Gasteiger partial charge < -0.3 is 5.73 Å². The summed E-state index contributed by atoms with van der Waals surface area (Å²) >= 11 is 6.05. The van der Waals surface area contributed by atoms with E-state index < -0.39 is 16.8 Å². The number of amides is 3. The third-order valence-corrected chi connectivity index (χ3v) is 2.84. The molecule has 0 aliphatic heterocycles. The van der Waals surface area contributed by atoms with Gasteiger partial charge in [0.15, 0.2) is 0 Å². The van der Waals surface area contributed by atoms with Gasteiger partial charge >= 0.3 is 6.03 Å². The van der Waals surface area contributed by atoms with Gasteiger partial charge in [-0.25, -0.2) is 4.79 Å². The zero-order valence-corrected chi connectivity index (χ0v) is 8.06. The first-order chi connectivity index (χ1) is 6.04. The van der Waals surface area contributed by atoms with Crippen LogP contribution in [0.3, 0.4) is 0 Å². The summed E-state index contributed by atoms with van der Waals surface area (Å²) in [6, 6.07) is -0.837. The van der Waals surface area contributed by atoms with E-state index in [0.29, 0.717) is 12.8 Å². The van der Waals surface area contributed by atoms with Crippen LogP contribution in [0.25, 0.3) is 0 Å². The Morgan fingerprint density at radius 1 is 1.23 bits per heavy atom. The fourth-order valence-electron chi connectivity index (χ4n) is 1.56. The largest absolute Gasteiger partial charge is 0.351 e. The Balaban J connectivity index is 2.56. The second-order valence-electron chi connectivity index (χ2n) is 3.34. The highest BCUT2D eigenvalue weighted by Gasteiger charge is 2.37. The van der Waals surface area contributed by atoms with E-state index in [9.17, 15) is 9.59 Å². The van der Waals surface area contributed by atoms with Gasteiger partial charge in [-0.2, -0.15) is 0 Å². The number of nitrogens with one attached hydrogen (secondary N) is 1. The van der Waals surface area contributed by atoms with Crippen LogP contribution in [0.15, 0.2) is 0 Å². The molecule has 5 heteroatoms. The molecule has 0 aromatic heterocycles. The zero-order valence-electron chi connectivity index (χ0n) is 7.31. The van der Waals surface area contributed by atoms with Crippen LogP contribution in [-0.2, 0) is 4.79 Å². The molecule has 0 heterocycles. The molecule has 0 radical (unpaired) electrons. The van der Waals surface area contributed by atoms with E-state index in [1.54, 1.807) is 0 Å². The maximum atomic E-state index is 11.4. The minimum Gasteiger partial charge on any atom is -0.351 e. The number of imide groups is 1. The van der Waals surface area contributed by atoms with E-state index in [1.807, 2.05) is 5.32 Å². The number of hydrogen-bond donors (Lipinski definition) is 2. The number of nitrogens with two attached hydrogens (primary N) is 1. The number of rotatable bonds is 1. The number of carbonyl (C=O) groups excluding carboxylic acids is 2. The van der Waals surface area contributed by atoms with Crippen LogP contribution in [0.1, 0.15) is 32.1 Å². The summed E-state index contributed by atoms with van der Waals surface area (Å²) in [7, 11) is 0. The van der Waals surface area contributed by atoms with E-state index in [4.69, 9.17) is 17.3 Å². The lowest BCUT2D eigenvalue weighted by Crippen LogP contribution is -2.48. The van der Waals surface area contributed by atoms with Crippen LogP contribution in [0, 0.1) is 0 Å². The Kier molecular flexibility index (Phi) is 3.14. The summed E-state index contributed by atoms with van der Waals surface area (Å²) in [5.74, 6) is -0.457. The summed E-state index contributed by atoms with van der Waals surface area (Å²) in [6.45, 7) is 0. The Morgan fingerprint density at radius 3 is 2.23 bits per heavy atom. The van der Waals surface area contributed by atoms with Gasteiger partial charge in [0.2, 0.25) is 5.91 Å². The molecule has 0 saturated heterocycles. The van der Waals surface area contributed by atoms with Crippen molar-refractivity contribution in [3.05, 3.63) is 0 Å². The van der Waals surface area contributed by atoms with Crippen molar-refractivity contribution in [3.8, 4) is 0 Å². The maximum Gasteiger partial charge on any atom is 0.318 e. The van der Waals surface area contributed by atoms with Gasteiger partial charge in [0.05, 0.1) is 0 Å². The fraction of sp³-hybridized carbons (Fsp3) is 0.750. The van der Waals surface area contributed by atoms with Crippen molar-refractivity contribution in [2.24, 2.45) is 5.73 Å². The van der Waals surface area contributed by atoms with E-state index in [-0.39, 0.29) is 0 Å². The predicted molar refractivity (Wildman–Crippen MR) is 49.4 cm³/mol. The second-order valence-corrected chi connectivity index (χ2v) is 4.07. The molecule has 13 heavy (non-hydrogen) atoms. The van der Waals surface area contributed by atoms with E-state index >= 15 is 0 Å². The molecular formula is C8H13ClN2O2. The lowest BCUT2D eigenvalue weighted by Gasteiger charge is -2.28. The SMILES string of the molecule is NC(=O)NC(=O)C1(Cl)CCCCC1. The average molecular weight is 205 g/mol. The molecule has 3 amide bonds. The molecule has 0 atom stereocenters. The Bertz CT molecular complexity index is 224. The molecule has 0 aromatic carbocycles. The zero-order chi connectivity index (χ0) is 9.90. The molecule has 74 valence electrons. The van der Waals surface area contributed by atoms with Crippen LogP contribution in [0.4, 0.5) is 4.79 Å². The van der Waals surface area contributed by atoms with Gasteiger partial charge in [-0.05, 0) is 12.8 Å². The van der Waals surface area contributed by atoms with Gasteiger partial charge in [0.1, 0.15) is 4.87 Å².